The predicted molar refractivity (Wildman–Crippen MR) is 120 cm³/mol. The fourth-order valence-electron chi connectivity index (χ4n) is 4.37. The summed E-state index contributed by atoms with van der Waals surface area (Å²) in [5.74, 6) is -2.24. The van der Waals surface area contributed by atoms with Gasteiger partial charge in [-0.15, -0.1) is 0 Å². The Morgan fingerprint density at radius 1 is 0.941 bits per heavy atom. The third kappa shape index (κ3) is 5.52. The molecule has 0 aliphatic heterocycles. The maximum Gasteiger partial charge on any atom is 0.407 e. The first-order valence-corrected chi connectivity index (χ1v) is 11.3. The standard InChI is InChI=1S/C25H26F2N2O5/c26-22(27)12-20(23(30)28-21(24(31)32)11-14-9-10-14)29-25(33)34-13-19-17-7-3-1-5-15(17)16-6-2-4-8-18(16)19/h1-8,14,19-22H,9-13H2,(H,28,30)(H,29,33)(H,31,32)/t20?,21-/m0/s1. The molecule has 1 fully saturated rings. The largest absolute Gasteiger partial charge is 0.480 e. The zero-order chi connectivity index (χ0) is 24.2. The van der Waals surface area contributed by atoms with Crippen LogP contribution in [0.2, 0.25) is 0 Å². The number of carbonyl (C=O) groups is 3. The van der Waals surface area contributed by atoms with Crippen LogP contribution in [0.5, 0.6) is 0 Å². The molecule has 2 aromatic carbocycles. The zero-order valence-electron chi connectivity index (χ0n) is 18.4. The summed E-state index contributed by atoms with van der Waals surface area (Å²) in [5, 5.41) is 13.8. The lowest BCUT2D eigenvalue weighted by molar-refractivity contribution is -0.142. The fraction of sp³-hybridized carbons (Fsp3) is 0.400. The number of carboxylic acids is 1. The molecule has 3 N–H and O–H groups in total. The van der Waals surface area contributed by atoms with Crippen LogP contribution >= 0.6 is 0 Å². The summed E-state index contributed by atoms with van der Waals surface area (Å²) < 4.78 is 31.5. The molecule has 180 valence electrons. The Morgan fingerprint density at radius 2 is 1.53 bits per heavy atom. The lowest BCUT2D eigenvalue weighted by atomic mass is 9.98. The molecule has 0 spiro atoms. The van der Waals surface area contributed by atoms with Crippen molar-refractivity contribution in [2.24, 2.45) is 5.92 Å². The second-order valence-electron chi connectivity index (χ2n) is 8.73. The molecule has 2 atom stereocenters. The molecule has 0 heterocycles. The average Bonchev–Trinajstić information content (AvgIpc) is 3.57. The van der Waals surface area contributed by atoms with Gasteiger partial charge in [-0.05, 0) is 34.6 Å². The topological polar surface area (TPSA) is 105 Å². The number of benzene rings is 2. The van der Waals surface area contributed by atoms with Crippen LogP contribution in [0.15, 0.2) is 48.5 Å². The van der Waals surface area contributed by atoms with Crippen LogP contribution in [0, 0.1) is 5.92 Å². The van der Waals surface area contributed by atoms with E-state index in [1.807, 2.05) is 48.5 Å². The second-order valence-corrected chi connectivity index (χ2v) is 8.73. The van der Waals surface area contributed by atoms with Gasteiger partial charge in [0, 0.05) is 12.3 Å². The van der Waals surface area contributed by atoms with E-state index in [2.05, 4.69) is 10.6 Å². The van der Waals surface area contributed by atoms with E-state index in [9.17, 15) is 28.3 Å². The number of alkyl carbamates (subject to hydrolysis) is 1. The van der Waals surface area contributed by atoms with Crippen molar-refractivity contribution < 1.29 is 33.0 Å². The normalized spacial score (nSPS) is 16.3. The first-order chi connectivity index (χ1) is 16.3. The molecular weight excluding hydrogens is 446 g/mol. The summed E-state index contributed by atoms with van der Waals surface area (Å²) in [6.07, 6.45) is -2.87. The van der Waals surface area contributed by atoms with Gasteiger partial charge in [0.15, 0.2) is 0 Å². The molecule has 0 radical (unpaired) electrons. The molecule has 9 heteroatoms. The smallest absolute Gasteiger partial charge is 0.407 e. The van der Waals surface area contributed by atoms with Gasteiger partial charge in [0.2, 0.25) is 12.3 Å². The van der Waals surface area contributed by atoms with Crippen LogP contribution in [0.4, 0.5) is 13.6 Å². The molecule has 2 aromatic rings. The number of rotatable bonds is 10. The van der Waals surface area contributed by atoms with Crippen molar-refractivity contribution in [2.45, 2.75) is 50.1 Å². The molecule has 2 aliphatic carbocycles. The first kappa shape index (κ1) is 23.7. The molecular formula is C25H26F2N2O5. The Kier molecular flexibility index (Phi) is 7.09. The van der Waals surface area contributed by atoms with E-state index in [4.69, 9.17) is 4.74 Å². The minimum atomic E-state index is -2.88. The fourth-order valence-corrected chi connectivity index (χ4v) is 4.37. The highest BCUT2D eigenvalue weighted by Crippen LogP contribution is 2.44. The molecule has 0 aromatic heterocycles. The van der Waals surface area contributed by atoms with Gasteiger partial charge in [-0.3, -0.25) is 4.79 Å². The Labute approximate surface area is 195 Å². The number of aliphatic carboxylic acids is 1. The molecule has 4 rings (SSSR count). The molecule has 1 unspecified atom stereocenters. The van der Waals surface area contributed by atoms with Gasteiger partial charge in [-0.1, -0.05) is 61.4 Å². The highest BCUT2D eigenvalue weighted by molar-refractivity contribution is 5.89. The number of hydrogen-bond donors (Lipinski definition) is 3. The van der Waals surface area contributed by atoms with Gasteiger partial charge in [-0.25, -0.2) is 18.4 Å². The Balaban J connectivity index is 1.39. The maximum absolute atomic E-state index is 13.1. The monoisotopic (exact) mass is 472 g/mol. The van der Waals surface area contributed by atoms with Crippen LogP contribution in [0.1, 0.15) is 42.7 Å². The van der Waals surface area contributed by atoms with Crippen molar-refractivity contribution in [3.05, 3.63) is 59.7 Å². The molecule has 2 amide bonds. The van der Waals surface area contributed by atoms with Crippen molar-refractivity contribution in [1.82, 2.24) is 10.6 Å². The third-order valence-corrected chi connectivity index (χ3v) is 6.25. The van der Waals surface area contributed by atoms with Gasteiger partial charge in [0.25, 0.3) is 0 Å². The van der Waals surface area contributed by atoms with Crippen molar-refractivity contribution in [1.29, 1.82) is 0 Å². The van der Waals surface area contributed by atoms with E-state index in [1.165, 1.54) is 0 Å². The predicted octanol–water partition coefficient (Wildman–Crippen LogP) is 3.92. The Hall–Kier alpha value is -3.49. The van der Waals surface area contributed by atoms with Gasteiger partial charge in [-0.2, -0.15) is 0 Å². The lowest BCUT2D eigenvalue weighted by Gasteiger charge is -2.22. The third-order valence-electron chi connectivity index (χ3n) is 6.25. The molecule has 7 nitrogen and oxygen atoms in total. The summed E-state index contributed by atoms with van der Waals surface area (Å²) in [6.45, 7) is -0.0394. The van der Waals surface area contributed by atoms with E-state index in [-0.39, 0.29) is 24.9 Å². The number of ether oxygens (including phenoxy) is 1. The quantitative estimate of drug-likeness (QED) is 0.486. The number of fused-ring (bicyclic) bond motifs is 3. The summed E-state index contributed by atoms with van der Waals surface area (Å²) in [5.41, 5.74) is 4.06. The van der Waals surface area contributed by atoms with Gasteiger partial charge >= 0.3 is 12.1 Å². The summed E-state index contributed by atoms with van der Waals surface area (Å²) in [4.78, 5) is 36.4. The van der Waals surface area contributed by atoms with Gasteiger partial charge in [0.1, 0.15) is 18.7 Å². The Bertz CT molecular complexity index is 1030. The van der Waals surface area contributed by atoms with E-state index >= 15 is 0 Å². The molecule has 0 bridgehead atoms. The van der Waals surface area contributed by atoms with Crippen molar-refractivity contribution in [3.8, 4) is 11.1 Å². The highest BCUT2D eigenvalue weighted by atomic mass is 19.3. The minimum absolute atomic E-state index is 0.0394. The van der Waals surface area contributed by atoms with Crippen LogP contribution in [-0.2, 0) is 14.3 Å². The second kappa shape index (κ2) is 10.2. The summed E-state index contributed by atoms with van der Waals surface area (Å²) in [6, 6.07) is 12.7. The molecule has 0 saturated heterocycles. The van der Waals surface area contributed by atoms with E-state index in [0.29, 0.717) is 0 Å². The van der Waals surface area contributed by atoms with E-state index < -0.39 is 42.9 Å². The zero-order valence-corrected chi connectivity index (χ0v) is 18.4. The number of carbonyl (C=O) groups excluding carboxylic acids is 2. The number of nitrogens with one attached hydrogen (secondary N) is 2. The van der Waals surface area contributed by atoms with E-state index in [1.54, 1.807) is 0 Å². The van der Waals surface area contributed by atoms with Crippen molar-refractivity contribution in [2.75, 3.05) is 6.61 Å². The average molecular weight is 472 g/mol. The first-order valence-electron chi connectivity index (χ1n) is 11.3. The SMILES string of the molecule is O=C(NC(CC(F)F)C(=O)N[C@@H](CC1CC1)C(=O)O)OCC1c2ccccc2-c2ccccc21. The van der Waals surface area contributed by atoms with Crippen molar-refractivity contribution >= 4 is 18.0 Å². The number of carboxylic acid groups (broad SMARTS) is 1. The van der Waals surface area contributed by atoms with Crippen LogP contribution < -0.4 is 10.6 Å². The number of hydrogen-bond acceptors (Lipinski definition) is 4. The molecule has 2 aliphatic rings. The summed E-state index contributed by atoms with van der Waals surface area (Å²) >= 11 is 0. The minimum Gasteiger partial charge on any atom is -0.480 e. The van der Waals surface area contributed by atoms with Crippen LogP contribution in [-0.4, -0.2) is 48.2 Å². The van der Waals surface area contributed by atoms with E-state index in [0.717, 1.165) is 35.1 Å². The van der Waals surface area contributed by atoms with Crippen molar-refractivity contribution in [3.63, 3.8) is 0 Å². The Morgan fingerprint density at radius 3 is 2.06 bits per heavy atom. The van der Waals surface area contributed by atoms with Crippen LogP contribution in [0.25, 0.3) is 11.1 Å². The number of halogens is 2. The number of alkyl halides is 2. The lowest BCUT2D eigenvalue weighted by Crippen LogP contribution is -2.52. The van der Waals surface area contributed by atoms with Gasteiger partial charge < -0.3 is 20.5 Å². The van der Waals surface area contributed by atoms with Gasteiger partial charge in [0.05, 0.1) is 0 Å². The summed E-state index contributed by atoms with van der Waals surface area (Å²) in [7, 11) is 0. The highest BCUT2D eigenvalue weighted by Gasteiger charge is 2.34. The maximum atomic E-state index is 13.1. The molecule has 1 saturated carbocycles. The van der Waals surface area contributed by atoms with Crippen LogP contribution in [0.3, 0.4) is 0 Å². The molecule has 34 heavy (non-hydrogen) atoms. The number of amides is 2.